The third kappa shape index (κ3) is 3.03. The standard InChI is InChI=1S/C13H15NO2/c1-4-5-6-12(15)16-11-7-9(2)13(14)10(3)8-11/h1,7-8H,5-6,14H2,2-3H3. The highest BCUT2D eigenvalue weighted by molar-refractivity contribution is 5.73. The first-order chi connectivity index (χ1) is 7.54. The number of carbonyl (C=O) groups excluding carboxylic acids is 1. The molecule has 3 nitrogen and oxygen atoms in total. The molecule has 1 aromatic carbocycles. The van der Waals surface area contributed by atoms with Gasteiger partial charge in [0, 0.05) is 12.1 Å². The van der Waals surface area contributed by atoms with Gasteiger partial charge in [0.25, 0.3) is 0 Å². The van der Waals surface area contributed by atoms with Crippen molar-refractivity contribution in [3.05, 3.63) is 23.3 Å². The fourth-order valence-corrected chi connectivity index (χ4v) is 1.35. The first kappa shape index (κ1) is 12.1. The number of esters is 1. The number of hydrogen-bond donors (Lipinski definition) is 1. The Balaban J connectivity index is 2.76. The van der Waals surface area contributed by atoms with Gasteiger partial charge in [0.1, 0.15) is 5.75 Å². The van der Waals surface area contributed by atoms with Crippen LogP contribution in [0.25, 0.3) is 0 Å². The highest BCUT2D eigenvalue weighted by Crippen LogP contribution is 2.23. The van der Waals surface area contributed by atoms with E-state index in [2.05, 4.69) is 5.92 Å². The van der Waals surface area contributed by atoms with Crippen molar-refractivity contribution < 1.29 is 9.53 Å². The lowest BCUT2D eigenvalue weighted by Gasteiger charge is -2.08. The molecule has 0 amide bonds. The van der Waals surface area contributed by atoms with E-state index in [0.717, 1.165) is 16.8 Å². The molecule has 0 aliphatic carbocycles. The number of hydrogen-bond acceptors (Lipinski definition) is 3. The van der Waals surface area contributed by atoms with E-state index in [1.54, 1.807) is 12.1 Å². The van der Waals surface area contributed by atoms with E-state index in [4.69, 9.17) is 16.9 Å². The van der Waals surface area contributed by atoms with Gasteiger partial charge in [-0.15, -0.1) is 12.3 Å². The van der Waals surface area contributed by atoms with Gasteiger partial charge < -0.3 is 10.5 Å². The van der Waals surface area contributed by atoms with Crippen molar-refractivity contribution in [2.45, 2.75) is 26.7 Å². The van der Waals surface area contributed by atoms with Crippen LogP contribution >= 0.6 is 0 Å². The summed E-state index contributed by atoms with van der Waals surface area (Å²) in [7, 11) is 0. The second-order valence-corrected chi connectivity index (χ2v) is 3.65. The van der Waals surface area contributed by atoms with Crippen LogP contribution in [-0.4, -0.2) is 5.97 Å². The summed E-state index contributed by atoms with van der Waals surface area (Å²) in [4.78, 5) is 11.3. The molecule has 0 aromatic heterocycles. The highest BCUT2D eigenvalue weighted by atomic mass is 16.5. The molecule has 2 N–H and O–H groups in total. The van der Waals surface area contributed by atoms with Gasteiger partial charge in [0.15, 0.2) is 0 Å². The van der Waals surface area contributed by atoms with Crippen LogP contribution in [0, 0.1) is 26.2 Å². The van der Waals surface area contributed by atoms with Crippen molar-refractivity contribution in [2.75, 3.05) is 5.73 Å². The molecule has 0 bridgehead atoms. The number of rotatable bonds is 3. The number of nitrogens with two attached hydrogens (primary N) is 1. The number of ether oxygens (including phenoxy) is 1. The van der Waals surface area contributed by atoms with E-state index in [1.807, 2.05) is 13.8 Å². The second-order valence-electron chi connectivity index (χ2n) is 3.65. The maximum atomic E-state index is 11.3. The molecule has 1 aromatic rings. The van der Waals surface area contributed by atoms with Crippen molar-refractivity contribution in [1.82, 2.24) is 0 Å². The van der Waals surface area contributed by atoms with Gasteiger partial charge >= 0.3 is 5.97 Å². The van der Waals surface area contributed by atoms with E-state index in [9.17, 15) is 4.79 Å². The fraction of sp³-hybridized carbons (Fsp3) is 0.308. The minimum absolute atomic E-state index is 0.235. The van der Waals surface area contributed by atoms with E-state index in [-0.39, 0.29) is 12.4 Å². The Bertz CT molecular complexity index is 421. The summed E-state index contributed by atoms with van der Waals surface area (Å²) < 4.78 is 5.14. The molecule has 0 saturated carbocycles. The second kappa shape index (κ2) is 5.22. The van der Waals surface area contributed by atoms with Crippen LogP contribution in [0.1, 0.15) is 24.0 Å². The van der Waals surface area contributed by atoms with Gasteiger partial charge in [-0.1, -0.05) is 0 Å². The summed E-state index contributed by atoms with van der Waals surface area (Å²) >= 11 is 0. The summed E-state index contributed by atoms with van der Waals surface area (Å²) in [5.41, 5.74) is 8.33. The molecule has 0 radical (unpaired) electrons. The van der Waals surface area contributed by atoms with Crippen molar-refractivity contribution in [3.63, 3.8) is 0 Å². The van der Waals surface area contributed by atoms with Gasteiger partial charge in [0.05, 0.1) is 6.42 Å². The van der Waals surface area contributed by atoms with E-state index < -0.39 is 0 Å². The van der Waals surface area contributed by atoms with E-state index >= 15 is 0 Å². The first-order valence-corrected chi connectivity index (χ1v) is 5.05. The monoisotopic (exact) mass is 217 g/mol. The average molecular weight is 217 g/mol. The zero-order valence-electron chi connectivity index (χ0n) is 9.54. The zero-order chi connectivity index (χ0) is 12.1. The van der Waals surface area contributed by atoms with Crippen LogP contribution in [-0.2, 0) is 4.79 Å². The van der Waals surface area contributed by atoms with Crippen LogP contribution in [0.15, 0.2) is 12.1 Å². The van der Waals surface area contributed by atoms with Crippen LogP contribution in [0.2, 0.25) is 0 Å². The molecule has 0 atom stereocenters. The Hall–Kier alpha value is -1.95. The molecule has 0 saturated heterocycles. The number of aryl methyl sites for hydroxylation is 2. The summed E-state index contributed by atoms with van der Waals surface area (Å²) in [6.07, 6.45) is 5.69. The Labute approximate surface area is 95.6 Å². The minimum atomic E-state index is -0.318. The van der Waals surface area contributed by atoms with Crippen LogP contribution in [0.4, 0.5) is 5.69 Å². The summed E-state index contributed by atoms with van der Waals surface area (Å²) in [6, 6.07) is 3.49. The highest BCUT2D eigenvalue weighted by Gasteiger charge is 2.07. The van der Waals surface area contributed by atoms with Gasteiger partial charge in [-0.3, -0.25) is 4.79 Å². The van der Waals surface area contributed by atoms with Crippen molar-refractivity contribution >= 4 is 11.7 Å². The molecule has 0 heterocycles. The maximum absolute atomic E-state index is 11.3. The van der Waals surface area contributed by atoms with E-state index in [1.165, 1.54) is 0 Å². The number of terminal acetylenes is 1. The smallest absolute Gasteiger partial charge is 0.312 e. The lowest BCUT2D eigenvalue weighted by atomic mass is 10.1. The Morgan fingerprint density at radius 3 is 2.50 bits per heavy atom. The quantitative estimate of drug-likeness (QED) is 0.365. The fourth-order valence-electron chi connectivity index (χ4n) is 1.35. The Morgan fingerprint density at radius 1 is 1.44 bits per heavy atom. The number of anilines is 1. The third-order valence-electron chi connectivity index (χ3n) is 2.27. The van der Waals surface area contributed by atoms with Crippen LogP contribution < -0.4 is 10.5 Å². The van der Waals surface area contributed by atoms with Crippen molar-refractivity contribution in [1.29, 1.82) is 0 Å². The van der Waals surface area contributed by atoms with Crippen molar-refractivity contribution in [2.24, 2.45) is 0 Å². The third-order valence-corrected chi connectivity index (χ3v) is 2.27. The van der Waals surface area contributed by atoms with Gasteiger partial charge in [-0.25, -0.2) is 0 Å². The molecule has 0 aliphatic rings. The number of carbonyl (C=O) groups is 1. The predicted octanol–water partition coefficient (Wildman–Crippen LogP) is 2.20. The Morgan fingerprint density at radius 2 is 2.00 bits per heavy atom. The molecule has 0 spiro atoms. The van der Waals surface area contributed by atoms with Gasteiger partial charge in [-0.05, 0) is 37.1 Å². The molecular formula is C13H15NO2. The molecule has 0 fully saturated rings. The van der Waals surface area contributed by atoms with Crippen LogP contribution in [0.5, 0.6) is 5.75 Å². The Kier molecular flexibility index (Phi) is 3.96. The average Bonchev–Trinajstić information content (AvgIpc) is 2.23. The number of benzene rings is 1. The molecule has 1 rings (SSSR count). The molecule has 84 valence electrons. The normalized spacial score (nSPS) is 9.56. The van der Waals surface area contributed by atoms with Gasteiger partial charge in [-0.2, -0.15) is 0 Å². The molecule has 0 unspecified atom stereocenters. The maximum Gasteiger partial charge on any atom is 0.312 e. The minimum Gasteiger partial charge on any atom is -0.426 e. The molecule has 0 aliphatic heterocycles. The summed E-state index contributed by atoms with van der Waals surface area (Å²) in [5, 5.41) is 0. The lowest BCUT2D eigenvalue weighted by molar-refractivity contribution is -0.134. The van der Waals surface area contributed by atoms with Gasteiger partial charge in [0.2, 0.25) is 0 Å². The van der Waals surface area contributed by atoms with Crippen molar-refractivity contribution in [3.8, 4) is 18.1 Å². The molecule has 3 heteroatoms. The summed E-state index contributed by atoms with van der Waals surface area (Å²) in [6.45, 7) is 3.75. The lowest BCUT2D eigenvalue weighted by Crippen LogP contribution is -2.08. The molecular weight excluding hydrogens is 202 g/mol. The first-order valence-electron chi connectivity index (χ1n) is 5.05. The predicted molar refractivity (Wildman–Crippen MR) is 64.0 cm³/mol. The number of nitrogen functional groups attached to an aromatic ring is 1. The topological polar surface area (TPSA) is 52.3 Å². The largest absolute Gasteiger partial charge is 0.426 e. The molecule has 16 heavy (non-hydrogen) atoms. The van der Waals surface area contributed by atoms with E-state index in [0.29, 0.717) is 12.2 Å². The zero-order valence-corrected chi connectivity index (χ0v) is 9.54. The van der Waals surface area contributed by atoms with Crippen LogP contribution in [0.3, 0.4) is 0 Å². The summed E-state index contributed by atoms with van der Waals surface area (Å²) in [5.74, 6) is 2.60. The SMILES string of the molecule is C#CCCC(=O)Oc1cc(C)c(N)c(C)c1.